The first-order valence-electron chi connectivity index (χ1n) is 17.5. The fourth-order valence-corrected chi connectivity index (χ4v) is 7.09. The van der Waals surface area contributed by atoms with Crippen molar-refractivity contribution in [1.82, 2.24) is 4.57 Å². The normalized spacial score (nSPS) is 11.5. The van der Waals surface area contributed by atoms with Crippen LogP contribution in [0.2, 0.25) is 0 Å². The number of fused-ring (bicyclic) bond motifs is 3. The topological polar surface area (TPSA) is 8.17 Å². The molecular weight excluding hydrogens is 605 g/mol. The molecule has 0 aliphatic rings. The van der Waals surface area contributed by atoms with Gasteiger partial charge in [-0.3, -0.25) is 0 Å². The summed E-state index contributed by atoms with van der Waals surface area (Å²) in [5, 5.41) is 2.53. The highest BCUT2D eigenvalue weighted by Crippen LogP contribution is 2.38. The highest BCUT2D eigenvalue weighted by atomic mass is 15.1. The van der Waals surface area contributed by atoms with Gasteiger partial charge < -0.3 is 9.47 Å². The molecule has 0 saturated heterocycles. The number of anilines is 3. The lowest BCUT2D eigenvalue weighted by atomic mass is 10.0. The van der Waals surface area contributed by atoms with E-state index >= 15 is 0 Å². The van der Waals surface area contributed by atoms with Gasteiger partial charge in [-0.15, -0.1) is 0 Å². The third-order valence-electron chi connectivity index (χ3n) is 9.55. The van der Waals surface area contributed by atoms with Gasteiger partial charge in [-0.2, -0.15) is 0 Å². The Balaban J connectivity index is 1.09. The summed E-state index contributed by atoms with van der Waals surface area (Å²) >= 11 is 0. The molecule has 9 aromatic rings. The predicted octanol–water partition coefficient (Wildman–Crippen LogP) is 13.3. The van der Waals surface area contributed by atoms with E-state index in [1.165, 1.54) is 38.5 Å². The summed E-state index contributed by atoms with van der Waals surface area (Å²) in [6.45, 7) is 0. The second kappa shape index (κ2) is 12.8. The van der Waals surface area contributed by atoms with Crippen LogP contribution in [0.3, 0.4) is 0 Å². The van der Waals surface area contributed by atoms with E-state index in [2.05, 4.69) is 185 Å². The standard InChI is InChI=1S/C48H34N2/c1-3-12-35(13-4-1)37-22-28-41(29-23-37)49(42-30-24-38(25-31-42)36-14-5-2-6-15-36)43-32-26-39(27-33-43)40-16-11-17-44(34-40)50-47-20-9-7-18-45(47)46-19-8-10-21-48(46)50/h1-34H/i1D. The van der Waals surface area contributed by atoms with Gasteiger partial charge in [0.2, 0.25) is 0 Å². The number of aromatic nitrogens is 1. The van der Waals surface area contributed by atoms with Crippen molar-refractivity contribution in [1.29, 1.82) is 0 Å². The van der Waals surface area contributed by atoms with Crippen molar-refractivity contribution in [2.24, 2.45) is 0 Å². The third kappa shape index (κ3) is 5.43. The molecule has 0 radical (unpaired) electrons. The van der Waals surface area contributed by atoms with Crippen LogP contribution < -0.4 is 4.90 Å². The van der Waals surface area contributed by atoms with Gasteiger partial charge in [-0.1, -0.05) is 146 Å². The first-order chi connectivity index (χ1) is 25.2. The van der Waals surface area contributed by atoms with Gasteiger partial charge in [0.1, 0.15) is 0 Å². The van der Waals surface area contributed by atoms with E-state index in [1.807, 2.05) is 24.3 Å². The zero-order valence-electron chi connectivity index (χ0n) is 28.4. The van der Waals surface area contributed by atoms with Crippen LogP contribution in [0.25, 0.3) is 60.9 Å². The minimum Gasteiger partial charge on any atom is -0.311 e. The number of hydrogen-bond donors (Lipinski definition) is 0. The monoisotopic (exact) mass is 639 g/mol. The Morgan fingerprint density at radius 2 is 0.740 bits per heavy atom. The van der Waals surface area contributed by atoms with Crippen LogP contribution >= 0.6 is 0 Å². The van der Waals surface area contributed by atoms with Crippen LogP contribution in [0, 0.1) is 0 Å². The summed E-state index contributed by atoms with van der Waals surface area (Å²) in [6.07, 6.45) is 0. The van der Waals surface area contributed by atoms with Crippen molar-refractivity contribution < 1.29 is 1.37 Å². The predicted molar refractivity (Wildman–Crippen MR) is 212 cm³/mol. The van der Waals surface area contributed by atoms with E-state index in [9.17, 15) is 0 Å². The number of hydrogen-bond acceptors (Lipinski definition) is 1. The lowest BCUT2D eigenvalue weighted by Crippen LogP contribution is -2.09. The van der Waals surface area contributed by atoms with Crippen LogP contribution in [0.15, 0.2) is 206 Å². The molecule has 0 N–H and O–H groups in total. The Morgan fingerprint density at radius 1 is 0.340 bits per heavy atom. The van der Waals surface area contributed by atoms with E-state index in [4.69, 9.17) is 1.37 Å². The molecule has 1 aromatic heterocycles. The van der Waals surface area contributed by atoms with Crippen LogP contribution in [0.5, 0.6) is 0 Å². The van der Waals surface area contributed by atoms with Gasteiger partial charge in [0.15, 0.2) is 0 Å². The molecule has 0 bridgehead atoms. The maximum Gasteiger partial charge on any atom is 0.0623 e. The van der Waals surface area contributed by atoms with E-state index in [-0.39, 0.29) is 0 Å². The van der Waals surface area contributed by atoms with Gasteiger partial charge in [-0.05, 0) is 94.0 Å². The first-order valence-corrected chi connectivity index (χ1v) is 17.0. The molecule has 0 unspecified atom stereocenters. The Bertz CT molecular complexity index is 2550. The summed E-state index contributed by atoms with van der Waals surface area (Å²) < 4.78 is 10.2. The minimum absolute atomic E-state index is 0.516. The van der Waals surface area contributed by atoms with Gasteiger partial charge in [0.25, 0.3) is 0 Å². The van der Waals surface area contributed by atoms with Crippen LogP contribution in [0.4, 0.5) is 17.1 Å². The van der Waals surface area contributed by atoms with E-state index < -0.39 is 0 Å². The van der Waals surface area contributed by atoms with Gasteiger partial charge >= 0.3 is 0 Å². The molecule has 0 saturated carbocycles. The molecule has 0 atom stereocenters. The zero-order chi connectivity index (χ0) is 34.1. The van der Waals surface area contributed by atoms with E-state index in [0.29, 0.717) is 6.04 Å². The molecule has 0 spiro atoms. The Morgan fingerprint density at radius 3 is 1.26 bits per heavy atom. The van der Waals surface area contributed by atoms with Crippen molar-refractivity contribution in [2.75, 3.05) is 4.90 Å². The maximum atomic E-state index is 7.87. The molecule has 2 nitrogen and oxygen atoms in total. The van der Waals surface area contributed by atoms with Crippen LogP contribution in [-0.4, -0.2) is 4.57 Å². The average molecular weight is 640 g/mol. The number of rotatable bonds is 7. The third-order valence-corrected chi connectivity index (χ3v) is 9.55. The molecule has 9 rings (SSSR count). The molecule has 0 aliphatic carbocycles. The highest BCUT2D eigenvalue weighted by molar-refractivity contribution is 6.09. The second-order valence-electron chi connectivity index (χ2n) is 12.6. The van der Waals surface area contributed by atoms with Crippen LogP contribution in [0.1, 0.15) is 1.37 Å². The lowest BCUT2D eigenvalue weighted by molar-refractivity contribution is 1.18. The van der Waals surface area contributed by atoms with Crippen molar-refractivity contribution >= 4 is 38.9 Å². The molecule has 1 heterocycles. The smallest absolute Gasteiger partial charge is 0.0623 e. The first kappa shape index (κ1) is 28.4. The summed E-state index contributed by atoms with van der Waals surface area (Å²) in [6, 6.07) is 71.2. The SMILES string of the molecule is [2H]c1ccc(-c2ccc(N(c3ccc(-c4ccccc4)cc3)c3ccc(-c4cccc(-n5c6ccccc6c6ccccc65)c4)cc3)cc2)cc1. The minimum atomic E-state index is 0.516. The quantitative estimate of drug-likeness (QED) is 0.168. The molecular formula is C48H34N2. The average Bonchev–Trinajstić information content (AvgIpc) is 3.54. The Hall–Kier alpha value is -6.64. The zero-order valence-corrected chi connectivity index (χ0v) is 27.4. The molecule has 0 amide bonds. The van der Waals surface area contributed by atoms with E-state index in [1.54, 1.807) is 0 Å². The van der Waals surface area contributed by atoms with Gasteiger partial charge in [0.05, 0.1) is 12.4 Å². The summed E-state index contributed by atoms with van der Waals surface area (Å²) in [5.41, 5.74) is 13.7. The summed E-state index contributed by atoms with van der Waals surface area (Å²) in [7, 11) is 0. The molecule has 0 fully saturated rings. The van der Waals surface area contributed by atoms with Crippen molar-refractivity contribution in [3.05, 3.63) is 206 Å². The summed E-state index contributed by atoms with van der Waals surface area (Å²) in [5.74, 6) is 0. The highest BCUT2D eigenvalue weighted by Gasteiger charge is 2.15. The van der Waals surface area contributed by atoms with Crippen molar-refractivity contribution in [3.63, 3.8) is 0 Å². The number of benzene rings is 8. The molecule has 50 heavy (non-hydrogen) atoms. The maximum absolute atomic E-state index is 7.87. The second-order valence-corrected chi connectivity index (χ2v) is 12.6. The fraction of sp³-hybridized carbons (Fsp3) is 0. The molecule has 0 aliphatic heterocycles. The molecule has 236 valence electrons. The van der Waals surface area contributed by atoms with E-state index in [0.717, 1.165) is 39.4 Å². The number of nitrogens with zero attached hydrogens (tertiary/aromatic N) is 2. The Kier molecular flexibility index (Phi) is 7.24. The Labute approximate surface area is 294 Å². The van der Waals surface area contributed by atoms with Crippen molar-refractivity contribution in [3.8, 4) is 39.1 Å². The summed E-state index contributed by atoms with van der Waals surface area (Å²) in [4.78, 5) is 2.31. The van der Waals surface area contributed by atoms with Gasteiger partial charge in [0, 0.05) is 33.5 Å². The molecule has 2 heteroatoms. The lowest BCUT2D eigenvalue weighted by Gasteiger charge is -2.26. The van der Waals surface area contributed by atoms with Crippen molar-refractivity contribution in [2.45, 2.75) is 0 Å². The molecule has 8 aromatic carbocycles. The fourth-order valence-electron chi connectivity index (χ4n) is 7.09. The largest absolute Gasteiger partial charge is 0.311 e. The number of para-hydroxylation sites is 2. The van der Waals surface area contributed by atoms with Crippen LogP contribution in [-0.2, 0) is 0 Å². The van der Waals surface area contributed by atoms with Gasteiger partial charge in [-0.25, -0.2) is 0 Å².